The van der Waals surface area contributed by atoms with Crippen molar-refractivity contribution in [2.45, 2.75) is 126 Å². The number of ether oxygens (including phenoxy) is 1. The molecule has 12 nitrogen and oxygen atoms in total. The van der Waals surface area contributed by atoms with E-state index in [4.69, 9.17) is 9.72 Å². The molecule has 286 valence electrons. The number of allylic oxidation sites excluding steroid dienone is 1. The van der Waals surface area contributed by atoms with Crippen molar-refractivity contribution in [3.8, 4) is 5.75 Å². The van der Waals surface area contributed by atoms with Crippen LogP contribution in [0.15, 0.2) is 54.6 Å². The Hall–Kier alpha value is -4.52. The molecule has 2 aromatic heterocycles. The van der Waals surface area contributed by atoms with E-state index in [-0.39, 0.29) is 25.3 Å². The Morgan fingerprint density at radius 1 is 0.981 bits per heavy atom. The first-order valence-electron chi connectivity index (χ1n) is 19.5. The smallest absolute Gasteiger partial charge is 0.259 e. The van der Waals surface area contributed by atoms with Gasteiger partial charge in [-0.05, 0) is 96.8 Å². The fraction of sp³-hybridized carbons (Fsp3) is 0.537. The van der Waals surface area contributed by atoms with Crippen LogP contribution in [0.1, 0.15) is 94.5 Å². The molecule has 5 heterocycles. The molecule has 2 aliphatic carbocycles. The molecule has 0 radical (unpaired) electrons. The van der Waals surface area contributed by atoms with Crippen LogP contribution >= 0.6 is 0 Å². The van der Waals surface area contributed by atoms with Gasteiger partial charge in [-0.15, -0.1) is 0 Å². The molecule has 3 aromatic rings. The van der Waals surface area contributed by atoms with Gasteiger partial charge in [0.05, 0.1) is 22.5 Å². The molecule has 8 rings (SSSR count). The number of aromatic nitrogens is 2. The topological polar surface area (TPSA) is 160 Å². The molecule has 2 saturated carbocycles. The van der Waals surface area contributed by atoms with E-state index >= 15 is 0 Å². The number of amides is 3. The van der Waals surface area contributed by atoms with Crippen molar-refractivity contribution in [3.05, 3.63) is 71.6 Å². The first kappa shape index (κ1) is 36.5. The van der Waals surface area contributed by atoms with Gasteiger partial charge in [-0.1, -0.05) is 49.3 Å². The number of pyridine rings is 2. The number of hydrogen-bond acceptors (Lipinski definition) is 9. The van der Waals surface area contributed by atoms with Crippen LogP contribution in [0, 0.1) is 19.8 Å². The Labute approximate surface area is 317 Å². The Kier molecular flexibility index (Phi) is 9.22. The van der Waals surface area contributed by atoms with E-state index in [0.717, 1.165) is 53.5 Å². The molecule has 5 aliphatic rings. The van der Waals surface area contributed by atoms with Gasteiger partial charge in [-0.3, -0.25) is 19.1 Å². The third kappa shape index (κ3) is 6.51. The van der Waals surface area contributed by atoms with Crippen LogP contribution in [0.3, 0.4) is 0 Å². The number of nitrogens with one attached hydrogen (secondary N) is 3. The highest BCUT2D eigenvalue weighted by atomic mass is 32.2. The second-order valence-electron chi connectivity index (χ2n) is 16.4. The van der Waals surface area contributed by atoms with Crippen molar-refractivity contribution >= 4 is 44.5 Å². The lowest BCUT2D eigenvalue weighted by Crippen LogP contribution is -2.70. The monoisotopic (exact) mass is 754 g/mol. The number of aryl methyl sites for hydroxylation is 3. The van der Waals surface area contributed by atoms with Gasteiger partial charge in [0.2, 0.25) is 21.8 Å². The molecule has 3 N–H and O–H groups in total. The summed E-state index contributed by atoms with van der Waals surface area (Å²) in [5.41, 5.74) is 1.17. The highest BCUT2D eigenvalue weighted by Gasteiger charge is 2.59. The molecular formula is C41H50N6O6S. The largest absolute Gasteiger partial charge is 0.483 e. The third-order valence-corrected chi connectivity index (χ3v) is 14.7. The van der Waals surface area contributed by atoms with E-state index in [0.29, 0.717) is 50.1 Å². The first-order chi connectivity index (χ1) is 25.8. The highest BCUT2D eigenvalue weighted by Crippen LogP contribution is 2.47. The third-order valence-electron chi connectivity index (χ3n) is 12.6. The van der Waals surface area contributed by atoms with E-state index < -0.39 is 55.7 Å². The summed E-state index contributed by atoms with van der Waals surface area (Å²) in [7, 11) is -3.96. The molecule has 0 bridgehead atoms. The van der Waals surface area contributed by atoms with Crippen LogP contribution in [-0.2, 0) is 30.8 Å². The predicted octanol–water partition coefficient (Wildman–Crippen LogP) is 5.18. The average Bonchev–Trinajstić information content (AvgIpc) is 3.80. The lowest BCUT2D eigenvalue weighted by molar-refractivity contribution is -0.144. The summed E-state index contributed by atoms with van der Waals surface area (Å²) in [6.45, 7) is 5.63. The summed E-state index contributed by atoms with van der Waals surface area (Å²) in [5, 5.41) is 7.49. The van der Waals surface area contributed by atoms with Gasteiger partial charge in [0.15, 0.2) is 0 Å². The average molecular weight is 755 g/mol. The number of nitrogens with zero attached hydrogens (tertiary/aromatic N) is 3. The molecule has 13 heteroatoms. The molecule has 1 saturated heterocycles. The van der Waals surface area contributed by atoms with Crippen molar-refractivity contribution in [2.75, 3.05) is 11.9 Å². The van der Waals surface area contributed by atoms with Crippen LogP contribution in [0.2, 0.25) is 0 Å². The zero-order chi connectivity index (χ0) is 37.9. The molecule has 3 aliphatic heterocycles. The minimum absolute atomic E-state index is 0.171. The number of sulfonamides is 1. The summed E-state index contributed by atoms with van der Waals surface area (Å²) in [5.74, 6) is -0.573. The molecule has 0 unspecified atom stereocenters. The lowest BCUT2D eigenvalue weighted by Gasteiger charge is -2.48. The summed E-state index contributed by atoms with van der Waals surface area (Å²) in [4.78, 5) is 55.0. The van der Waals surface area contributed by atoms with Crippen molar-refractivity contribution in [1.82, 2.24) is 24.9 Å². The number of hydrogen-bond donors (Lipinski definition) is 3. The van der Waals surface area contributed by atoms with Gasteiger partial charge in [0.25, 0.3) is 5.91 Å². The lowest BCUT2D eigenvalue weighted by atomic mass is 9.65. The fourth-order valence-electron chi connectivity index (χ4n) is 8.82. The quantitative estimate of drug-likeness (QED) is 0.299. The molecular weight excluding hydrogens is 705 g/mol. The van der Waals surface area contributed by atoms with E-state index in [1.807, 2.05) is 68.5 Å². The van der Waals surface area contributed by atoms with Gasteiger partial charge in [0, 0.05) is 29.0 Å². The van der Waals surface area contributed by atoms with Crippen LogP contribution in [0.25, 0.3) is 10.9 Å². The normalized spacial score (nSPS) is 30.0. The first-order valence-corrected chi connectivity index (χ1v) is 20.9. The van der Waals surface area contributed by atoms with Gasteiger partial charge < -0.3 is 20.3 Å². The van der Waals surface area contributed by atoms with Gasteiger partial charge >= 0.3 is 0 Å². The van der Waals surface area contributed by atoms with Crippen LogP contribution in [0.4, 0.5) is 5.82 Å². The van der Waals surface area contributed by atoms with Crippen molar-refractivity contribution < 1.29 is 27.5 Å². The number of carbonyl (C=O) groups is 3. The maximum absolute atomic E-state index is 14.9. The summed E-state index contributed by atoms with van der Waals surface area (Å²) < 4.78 is 34.9. The summed E-state index contributed by atoms with van der Waals surface area (Å²) in [6, 6.07) is 12.0. The highest BCUT2D eigenvalue weighted by molar-refractivity contribution is 7.91. The predicted molar refractivity (Wildman–Crippen MR) is 205 cm³/mol. The Morgan fingerprint density at radius 3 is 2.56 bits per heavy atom. The minimum atomic E-state index is -3.96. The molecule has 3 amide bonds. The zero-order valence-electron chi connectivity index (χ0n) is 31.3. The molecule has 5 atom stereocenters. The fourth-order valence-corrected chi connectivity index (χ4v) is 10.1. The van der Waals surface area contributed by atoms with Crippen molar-refractivity contribution in [2.24, 2.45) is 5.92 Å². The second-order valence-corrected chi connectivity index (χ2v) is 18.6. The SMILES string of the molecule is Cc1cccc(N[C@H]2CCCCC/C=C\[C@@H]3CC[C@@]3(C(=O)NS(=O)(=O)C3(C)CC3)NC(=O)[C@@H]3C[C@]4(CCc5c(c(C)nc6ccccc56)O4)CN3C2=O)n1. The maximum Gasteiger partial charge on any atom is 0.259 e. The van der Waals surface area contributed by atoms with Crippen LogP contribution in [0.5, 0.6) is 5.75 Å². The van der Waals surface area contributed by atoms with Gasteiger partial charge in [0.1, 0.15) is 34.8 Å². The second kappa shape index (κ2) is 13.6. The standard InChI is InChI=1S/C41H50N6O6S/c1-26-12-11-17-34(42-26)44-32-16-8-6-4-5-7-13-28-18-21-41(28,38(50)46-54(51,52)39(3)22-23-39)45-36(48)33-24-40(25-47(33)37(32)49)20-19-30-29-14-9-10-15-31(29)43-27(2)35(30)53-40/h7,9-15,17,28,32-33H,4-6,8,16,18-25H2,1-3H3,(H,42,44)(H,45,48)(H,46,50)/b13-7-/t28-,32+,33+,40-,41-/m1/s1. The van der Waals surface area contributed by atoms with Crippen molar-refractivity contribution in [1.29, 1.82) is 0 Å². The molecule has 3 fully saturated rings. The Morgan fingerprint density at radius 2 is 1.80 bits per heavy atom. The Bertz CT molecular complexity index is 2150. The number of benzene rings is 1. The van der Waals surface area contributed by atoms with Crippen molar-refractivity contribution in [3.63, 3.8) is 0 Å². The number of carbonyl (C=O) groups excluding carboxylic acids is 3. The number of anilines is 1. The summed E-state index contributed by atoms with van der Waals surface area (Å²) in [6.07, 6.45) is 11.2. The van der Waals surface area contributed by atoms with Gasteiger partial charge in [-0.25, -0.2) is 18.4 Å². The van der Waals surface area contributed by atoms with E-state index in [1.165, 1.54) is 0 Å². The van der Waals surface area contributed by atoms with Crippen LogP contribution in [-0.4, -0.2) is 75.5 Å². The summed E-state index contributed by atoms with van der Waals surface area (Å²) >= 11 is 0. The molecule has 1 aromatic carbocycles. The van der Waals surface area contributed by atoms with Crippen LogP contribution < -0.4 is 20.1 Å². The van der Waals surface area contributed by atoms with E-state index in [9.17, 15) is 22.8 Å². The van der Waals surface area contributed by atoms with Gasteiger partial charge in [-0.2, -0.15) is 0 Å². The zero-order valence-corrected chi connectivity index (χ0v) is 32.1. The van der Waals surface area contributed by atoms with E-state index in [1.54, 1.807) is 11.8 Å². The molecule has 1 spiro atoms. The molecule has 54 heavy (non-hydrogen) atoms. The number of fused-ring (bicyclic) bond motifs is 5. The Balaban J connectivity index is 1.16. The minimum Gasteiger partial charge on any atom is -0.483 e. The maximum atomic E-state index is 14.9. The van der Waals surface area contributed by atoms with E-state index in [2.05, 4.69) is 20.3 Å². The number of rotatable bonds is 5. The number of para-hydroxylation sites is 1.